The number of alkyl halides is 2. The number of benzene rings is 2. The van der Waals surface area contributed by atoms with E-state index in [-0.39, 0.29) is 33.0 Å². The van der Waals surface area contributed by atoms with Gasteiger partial charge in [0, 0.05) is 15.8 Å². The Bertz CT molecular complexity index is 1660. The van der Waals surface area contributed by atoms with Crippen molar-refractivity contribution in [3.05, 3.63) is 53.8 Å². The number of nitrogens with zero attached hydrogens (tertiary/aromatic N) is 5. The van der Waals surface area contributed by atoms with Crippen LogP contribution in [0.25, 0.3) is 11.4 Å². The van der Waals surface area contributed by atoms with Crippen LogP contribution in [0.15, 0.2) is 47.4 Å². The predicted octanol–water partition coefficient (Wildman–Crippen LogP) is 3.35. The van der Waals surface area contributed by atoms with Gasteiger partial charge in [0.15, 0.2) is 9.84 Å². The van der Waals surface area contributed by atoms with E-state index in [2.05, 4.69) is 26.0 Å². The van der Waals surface area contributed by atoms with E-state index in [1.807, 2.05) is 0 Å². The van der Waals surface area contributed by atoms with Crippen molar-refractivity contribution >= 4 is 27.5 Å². The smallest absolute Gasteiger partial charge is 0.408 e. The van der Waals surface area contributed by atoms with E-state index in [1.54, 1.807) is 51.1 Å². The Kier molecular flexibility index (Phi) is 7.94. The second-order valence-corrected chi connectivity index (χ2v) is 13.5. The van der Waals surface area contributed by atoms with E-state index < -0.39 is 74.9 Å². The Labute approximate surface area is 248 Å². The molecule has 2 aliphatic rings. The minimum Gasteiger partial charge on any atom is -0.444 e. The van der Waals surface area contributed by atoms with E-state index >= 15 is 4.39 Å². The summed E-state index contributed by atoms with van der Waals surface area (Å²) in [7, 11) is -4.35. The molecule has 234 valence electrons. The molecule has 3 heterocycles. The Morgan fingerprint density at radius 1 is 1.23 bits per heavy atom. The first kappa shape index (κ1) is 30.4. The normalized spacial score (nSPS) is 21.5. The number of hydrogen-bond donors (Lipinski definition) is 2. The molecule has 2 atom stereocenters. The second kappa shape index (κ2) is 11.2. The molecular weight excluding hydrogens is 591 g/mol. The number of alkyl carbamates (subject to hydrolysis) is 1. The number of carbonyl (C=O) groups excluding carboxylic acids is 2. The van der Waals surface area contributed by atoms with Gasteiger partial charge in [0.05, 0.1) is 41.0 Å². The molecule has 2 amide bonds. The van der Waals surface area contributed by atoms with E-state index in [9.17, 15) is 26.8 Å². The van der Waals surface area contributed by atoms with Gasteiger partial charge in [-0.2, -0.15) is 4.80 Å². The van der Waals surface area contributed by atoms with Crippen molar-refractivity contribution in [1.82, 2.24) is 30.8 Å². The first-order valence-electron chi connectivity index (χ1n) is 13.4. The molecule has 1 fully saturated rings. The Hall–Kier alpha value is -4.05. The first-order chi connectivity index (χ1) is 20.1. The van der Waals surface area contributed by atoms with Crippen LogP contribution in [-0.2, 0) is 25.9 Å². The number of halogens is 3. The van der Waals surface area contributed by atoms with Gasteiger partial charge in [-0.1, -0.05) is 30.3 Å². The molecule has 1 saturated heterocycles. The van der Waals surface area contributed by atoms with Crippen molar-refractivity contribution in [2.45, 2.75) is 62.2 Å². The molecule has 0 spiro atoms. The van der Waals surface area contributed by atoms with E-state index in [4.69, 9.17) is 4.74 Å². The molecular formula is C27H34F3N7O5S. The van der Waals surface area contributed by atoms with Crippen LogP contribution < -0.4 is 15.5 Å². The van der Waals surface area contributed by atoms with Crippen LogP contribution in [0.5, 0.6) is 0 Å². The van der Waals surface area contributed by atoms with E-state index in [0.717, 1.165) is 21.8 Å². The molecule has 0 saturated carbocycles. The number of sulfone groups is 1. The zero-order valence-electron chi connectivity index (χ0n) is 23.6. The highest BCUT2D eigenvalue weighted by molar-refractivity contribution is 7.91. The largest absolute Gasteiger partial charge is 0.444 e. The van der Waals surface area contributed by atoms with Crippen molar-refractivity contribution in [1.29, 1.82) is 0 Å². The summed E-state index contributed by atoms with van der Waals surface area (Å²) < 4.78 is 75.7. The molecule has 16 heteroatoms. The lowest BCUT2D eigenvalue weighted by Gasteiger charge is -2.28. The summed E-state index contributed by atoms with van der Waals surface area (Å²) >= 11 is 0. The van der Waals surface area contributed by atoms with Crippen LogP contribution in [0, 0.1) is 5.82 Å². The van der Waals surface area contributed by atoms with Gasteiger partial charge >= 0.3 is 6.09 Å². The lowest BCUT2D eigenvalue weighted by Crippen LogP contribution is -2.51. The minimum absolute atomic E-state index is 0. The van der Waals surface area contributed by atoms with Gasteiger partial charge < -0.3 is 20.3 Å². The maximum absolute atomic E-state index is 15.6. The Balaban J connectivity index is 0.00000276. The van der Waals surface area contributed by atoms with Crippen LogP contribution in [0.1, 0.15) is 41.7 Å². The van der Waals surface area contributed by atoms with Crippen LogP contribution in [0.2, 0.25) is 0 Å². The summed E-state index contributed by atoms with van der Waals surface area (Å²) in [6, 6.07) is 8.13. The number of nitrogens with one attached hydrogen (secondary N) is 2. The third-order valence-electron chi connectivity index (χ3n) is 6.79. The zero-order valence-corrected chi connectivity index (χ0v) is 24.4. The fraction of sp³-hybridized carbons (Fsp3) is 0.444. The lowest BCUT2D eigenvalue weighted by molar-refractivity contribution is -0.120. The van der Waals surface area contributed by atoms with E-state index in [1.165, 1.54) is 0 Å². The van der Waals surface area contributed by atoms with Gasteiger partial charge in [-0.15, -0.1) is 10.2 Å². The van der Waals surface area contributed by atoms with Crippen molar-refractivity contribution in [2.75, 3.05) is 23.7 Å². The Morgan fingerprint density at radius 3 is 2.63 bits per heavy atom. The topological polar surface area (TPSA) is 148 Å². The molecule has 3 aromatic rings. The van der Waals surface area contributed by atoms with Crippen molar-refractivity contribution in [2.24, 2.45) is 0 Å². The molecule has 1 unspecified atom stereocenters. The molecule has 2 aliphatic heterocycles. The van der Waals surface area contributed by atoms with Gasteiger partial charge in [0.1, 0.15) is 17.5 Å². The number of tetrazole rings is 1. The van der Waals surface area contributed by atoms with Crippen LogP contribution in [0.3, 0.4) is 0 Å². The summed E-state index contributed by atoms with van der Waals surface area (Å²) in [5, 5.41) is 16.7. The number of anilines is 1. The Morgan fingerprint density at radius 2 is 1.95 bits per heavy atom. The minimum atomic E-state index is -4.35. The molecule has 43 heavy (non-hydrogen) atoms. The van der Waals surface area contributed by atoms with Gasteiger partial charge in [-0.3, -0.25) is 4.79 Å². The van der Waals surface area contributed by atoms with Crippen LogP contribution >= 0.6 is 0 Å². The maximum atomic E-state index is 15.6. The summed E-state index contributed by atoms with van der Waals surface area (Å²) in [6.07, 6.45) is -1.55. The molecule has 2 N–H and O–H groups in total. The third kappa shape index (κ3) is 6.80. The summed E-state index contributed by atoms with van der Waals surface area (Å²) in [5.74, 6) is -5.94. The SMILES string of the molecule is CC(C)(C)OC(=O)N[C@H]1CS(=O)(=O)c2cc(F)c(-c3nnn(C4CNCC(F)(F)C4)n3)cc2N(Cc2ccccc2)C1=O.[HH].[HH]. The number of aromatic nitrogens is 4. The summed E-state index contributed by atoms with van der Waals surface area (Å²) in [4.78, 5) is 28.1. The van der Waals surface area contributed by atoms with Crippen molar-refractivity contribution in [3.63, 3.8) is 0 Å². The van der Waals surface area contributed by atoms with Crippen LogP contribution in [0.4, 0.5) is 23.7 Å². The number of piperidine rings is 1. The quantitative estimate of drug-likeness (QED) is 0.436. The number of rotatable bonds is 5. The van der Waals surface area contributed by atoms with E-state index in [0.29, 0.717) is 5.56 Å². The average molecular weight is 626 g/mol. The standard InChI is InChI=1S/C27H30F3N7O5S.2H2/c1-26(2,3)42-25(39)32-20-14-43(40,41)22-10-19(28)18(9-21(22)36(24(20)38)13-16-7-5-4-6-8-16)23-33-35-37(34-23)17-11-27(29,30)15-31-12-17;;/h4-10,17,20,31H,11-15H2,1-3H3,(H,32,39);2*1H/t17?,20-;;/m0../s1. The number of amides is 2. The third-order valence-corrected chi connectivity index (χ3v) is 8.56. The molecule has 12 nitrogen and oxygen atoms in total. The van der Waals surface area contributed by atoms with Gasteiger partial charge in [0.25, 0.3) is 11.8 Å². The predicted molar refractivity (Wildman–Crippen MR) is 152 cm³/mol. The van der Waals surface area contributed by atoms with Crippen molar-refractivity contribution < 1.29 is 38.8 Å². The summed E-state index contributed by atoms with van der Waals surface area (Å²) in [5.41, 5.74) is -0.756. The first-order valence-corrected chi connectivity index (χ1v) is 15.1. The molecule has 0 bridgehead atoms. The number of fused-ring (bicyclic) bond motifs is 1. The molecule has 0 aliphatic carbocycles. The fourth-order valence-corrected chi connectivity index (χ4v) is 6.52. The van der Waals surface area contributed by atoms with Crippen LogP contribution in [-0.4, -0.2) is 77.0 Å². The molecule has 5 rings (SSSR count). The van der Waals surface area contributed by atoms with Gasteiger partial charge in [-0.05, 0) is 43.7 Å². The highest BCUT2D eigenvalue weighted by atomic mass is 32.2. The zero-order chi connectivity index (χ0) is 31.2. The molecule has 0 radical (unpaired) electrons. The fourth-order valence-electron chi connectivity index (χ4n) is 4.91. The molecule has 2 aromatic carbocycles. The van der Waals surface area contributed by atoms with Crippen molar-refractivity contribution in [3.8, 4) is 11.4 Å². The monoisotopic (exact) mass is 625 g/mol. The average Bonchev–Trinajstić information content (AvgIpc) is 3.38. The highest BCUT2D eigenvalue weighted by Crippen LogP contribution is 2.37. The lowest BCUT2D eigenvalue weighted by atomic mass is 10.1. The molecule has 1 aromatic heterocycles. The maximum Gasteiger partial charge on any atom is 0.408 e. The summed E-state index contributed by atoms with van der Waals surface area (Å²) in [6.45, 7) is 4.36. The second-order valence-electron chi connectivity index (χ2n) is 11.5. The number of ether oxygens (including phenoxy) is 1. The highest BCUT2D eigenvalue weighted by Gasteiger charge is 2.41. The number of hydrogen-bond acceptors (Lipinski definition) is 9. The van der Waals surface area contributed by atoms with Gasteiger partial charge in [-0.25, -0.2) is 26.4 Å². The van der Waals surface area contributed by atoms with Gasteiger partial charge in [0.2, 0.25) is 5.82 Å². The number of carbonyl (C=O) groups is 2.